The first-order chi connectivity index (χ1) is 19.5. The van der Waals surface area contributed by atoms with Crippen LogP contribution < -0.4 is 0 Å². The molecule has 13 heteroatoms. The summed E-state index contributed by atoms with van der Waals surface area (Å²) in [6.45, 7) is -0.617. The van der Waals surface area contributed by atoms with Gasteiger partial charge in [0.25, 0.3) is 6.43 Å². The highest BCUT2D eigenvalue weighted by Gasteiger charge is 2.56. The summed E-state index contributed by atoms with van der Waals surface area (Å²) in [6, 6.07) is 25.5. The van der Waals surface area contributed by atoms with Gasteiger partial charge in [-0.3, -0.25) is 0 Å². The number of hydrogen-bond acceptors (Lipinski definition) is 7. The van der Waals surface area contributed by atoms with Gasteiger partial charge in [0, 0.05) is 0 Å². The molecule has 0 aliphatic carbocycles. The first kappa shape index (κ1) is 31.0. The van der Waals surface area contributed by atoms with Crippen molar-refractivity contribution in [3.05, 3.63) is 108 Å². The minimum atomic E-state index is -6.27. The molecule has 1 aliphatic heterocycles. The average molecular weight is 603 g/mol. The molecule has 5 atom stereocenters. The van der Waals surface area contributed by atoms with E-state index in [1.807, 2.05) is 0 Å². The number of halogens is 5. The minimum Gasteiger partial charge on any atom is -0.368 e. The van der Waals surface area contributed by atoms with Gasteiger partial charge in [0.15, 0.2) is 6.10 Å². The van der Waals surface area contributed by atoms with Gasteiger partial charge in [0.05, 0.1) is 19.8 Å². The second kappa shape index (κ2) is 13.8. The van der Waals surface area contributed by atoms with E-state index in [1.54, 1.807) is 91.0 Å². The van der Waals surface area contributed by atoms with Gasteiger partial charge >= 0.3 is 15.6 Å². The number of ether oxygens (including phenoxy) is 4. The summed E-state index contributed by atoms with van der Waals surface area (Å²) < 4.78 is 119. The van der Waals surface area contributed by atoms with Crippen molar-refractivity contribution in [2.24, 2.45) is 0 Å². The largest absolute Gasteiger partial charge is 0.523 e. The molecule has 3 aromatic rings. The summed E-state index contributed by atoms with van der Waals surface area (Å²) in [5.74, 6) is 0. The van der Waals surface area contributed by atoms with E-state index in [1.165, 1.54) is 0 Å². The van der Waals surface area contributed by atoms with Crippen LogP contribution in [0, 0.1) is 0 Å². The molecular weight excluding hydrogens is 575 g/mol. The number of alkyl halides is 5. The lowest BCUT2D eigenvalue weighted by Crippen LogP contribution is -2.63. The van der Waals surface area contributed by atoms with Gasteiger partial charge in [-0.05, 0) is 16.7 Å². The lowest BCUT2D eigenvalue weighted by Gasteiger charge is -2.45. The van der Waals surface area contributed by atoms with Crippen molar-refractivity contribution in [3.63, 3.8) is 0 Å². The van der Waals surface area contributed by atoms with Crippen molar-refractivity contribution in [1.29, 1.82) is 0 Å². The Morgan fingerprint density at radius 2 is 1.05 bits per heavy atom. The predicted octanol–water partition coefficient (Wildman–Crippen LogP) is 5.60. The molecule has 0 saturated carbocycles. The molecular formula is C28H27F5O7S. The van der Waals surface area contributed by atoms with Crippen LogP contribution in [-0.2, 0) is 53.1 Å². The maximum atomic E-state index is 14.3. The van der Waals surface area contributed by atoms with Gasteiger partial charge in [-0.1, -0.05) is 91.0 Å². The molecule has 1 aliphatic rings. The second-order valence-electron chi connectivity index (χ2n) is 9.08. The molecule has 4 rings (SSSR count). The van der Waals surface area contributed by atoms with Crippen LogP contribution in [0.25, 0.3) is 0 Å². The Kier molecular flexibility index (Phi) is 10.4. The molecule has 1 saturated heterocycles. The van der Waals surface area contributed by atoms with Crippen molar-refractivity contribution < 1.29 is 53.5 Å². The number of rotatable bonds is 12. The Morgan fingerprint density at radius 1 is 0.659 bits per heavy atom. The van der Waals surface area contributed by atoms with Gasteiger partial charge in [0.2, 0.25) is 6.29 Å². The molecule has 0 spiro atoms. The Balaban J connectivity index is 1.70. The monoisotopic (exact) mass is 602 g/mol. The third-order valence-electron chi connectivity index (χ3n) is 6.14. The maximum Gasteiger partial charge on any atom is 0.523 e. The number of hydrogen-bond donors (Lipinski definition) is 0. The third-order valence-corrected chi connectivity index (χ3v) is 7.15. The molecule has 0 unspecified atom stereocenters. The molecule has 0 aromatic heterocycles. The maximum absolute atomic E-state index is 14.3. The Bertz CT molecular complexity index is 1310. The van der Waals surface area contributed by atoms with Crippen LogP contribution in [0.1, 0.15) is 16.7 Å². The summed E-state index contributed by atoms with van der Waals surface area (Å²) in [7, 11) is -6.27. The molecule has 222 valence electrons. The van der Waals surface area contributed by atoms with Crippen LogP contribution >= 0.6 is 0 Å². The third kappa shape index (κ3) is 8.31. The fourth-order valence-electron chi connectivity index (χ4n) is 4.15. The van der Waals surface area contributed by atoms with Crippen LogP contribution in [0.5, 0.6) is 0 Å². The summed E-state index contributed by atoms with van der Waals surface area (Å²) >= 11 is 0. The summed E-state index contributed by atoms with van der Waals surface area (Å²) in [6.07, 6.45) is -12.8. The summed E-state index contributed by atoms with van der Waals surface area (Å²) in [4.78, 5) is 0. The van der Waals surface area contributed by atoms with E-state index in [9.17, 15) is 30.4 Å². The molecule has 0 radical (unpaired) electrons. The predicted molar refractivity (Wildman–Crippen MR) is 136 cm³/mol. The smallest absolute Gasteiger partial charge is 0.368 e. The molecule has 1 fully saturated rings. The van der Waals surface area contributed by atoms with E-state index in [2.05, 4.69) is 4.18 Å². The Morgan fingerprint density at radius 3 is 1.44 bits per heavy atom. The zero-order valence-corrected chi connectivity index (χ0v) is 22.2. The van der Waals surface area contributed by atoms with Crippen molar-refractivity contribution in [2.75, 3.05) is 0 Å². The molecule has 0 amide bonds. The highest BCUT2D eigenvalue weighted by molar-refractivity contribution is 7.87. The first-order valence-corrected chi connectivity index (χ1v) is 13.9. The molecule has 3 aromatic carbocycles. The van der Waals surface area contributed by atoms with Crippen molar-refractivity contribution in [1.82, 2.24) is 0 Å². The van der Waals surface area contributed by atoms with Crippen LogP contribution in [0.15, 0.2) is 91.0 Å². The molecule has 7 nitrogen and oxygen atoms in total. The summed E-state index contributed by atoms with van der Waals surface area (Å²) in [5, 5.41) is 0. The van der Waals surface area contributed by atoms with E-state index in [0.717, 1.165) is 0 Å². The van der Waals surface area contributed by atoms with Gasteiger partial charge in [-0.15, -0.1) is 0 Å². The lowest BCUT2D eigenvalue weighted by molar-refractivity contribution is -0.320. The van der Waals surface area contributed by atoms with Crippen LogP contribution in [0.2, 0.25) is 0 Å². The number of benzene rings is 3. The topological polar surface area (TPSA) is 80.3 Å². The standard InChI is InChI=1S/C28H27F5O7S/c29-26(30)24-22(36-16-19-10-4-1-5-11-19)23(37-17-20-12-6-2-7-13-20)25(38-18-21-14-8-3-9-15-21)27(39-24)40-41(34,35)28(31,32)33/h1-15,22-27H,16-18H2/t22-,23-,24-,25-,27+/m0/s1. The zero-order valence-electron chi connectivity index (χ0n) is 21.4. The van der Waals surface area contributed by atoms with Crippen molar-refractivity contribution >= 4 is 10.1 Å². The van der Waals surface area contributed by atoms with Crippen LogP contribution in [0.4, 0.5) is 22.0 Å². The Labute approximate surface area is 233 Å². The summed E-state index contributed by atoms with van der Waals surface area (Å²) in [5.41, 5.74) is -4.06. The van der Waals surface area contributed by atoms with Crippen molar-refractivity contribution in [2.45, 2.75) is 62.5 Å². The second-order valence-corrected chi connectivity index (χ2v) is 10.6. The minimum absolute atomic E-state index is 0.180. The fourth-order valence-corrected chi connectivity index (χ4v) is 4.66. The van der Waals surface area contributed by atoms with Gasteiger partial charge in [-0.25, -0.2) is 13.0 Å². The first-order valence-electron chi connectivity index (χ1n) is 12.4. The quantitative estimate of drug-likeness (QED) is 0.152. The molecule has 41 heavy (non-hydrogen) atoms. The molecule has 0 N–H and O–H groups in total. The van der Waals surface area contributed by atoms with E-state index >= 15 is 0 Å². The highest BCUT2D eigenvalue weighted by Crippen LogP contribution is 2.36. The van der Waals surface area contributed by atoms with Crippen LogP contribution in [-0.4, -0.2) is 51.1 Å². The van der Waals surface area contributed by atoms with E-state index in [-0.39, 0.29) is 19.8 Å². The highest BCUT2D eigenvalue weighted by atomic mass is 32.2. The van der Waals surface area contributed by atoms with E-state index in [4.69, 9.17) is 18.9 Å². The average Bonchev–Trinajstić information content (AvgIpc) is 2.95. The molecule has 1 heterocycles. The molecule has 0 bridgehead atoms. The van der Waals surface area contributed by atoms with E-state index in [0.29, 0.717) is 16.7 Å². The van der Waals surface area contributed by atoms with Gasteiger partial charge in [0.1, 0.15) is 18.3 Å². The SMILES string of the molecule is O=S(=O)(O[C@H]1O[C@H](C(F)F)[C@@H](OCc2ccccc2)[C@H](OCc2ccccc2)[C@@H]1OCc1ccccc1)C(F)(F)F. The van der Waals surface area contributed by atoms with Gasteiger partial charge < -0.3 is 18.9 Å². The lowest BCUT2D eigenvalue weighted by atomic mass is 9.97. The van der Waals surface area contributed by atoms with E-state index < -0.39 is 52.8 Å². The Hall–Kier alpha value is -2.94. The normalized spacial score (nSPS) is 23.5. The zero-order chi connectivity index (χ0) is 29.5. The van der Waals surface area contributed by atoms with Gasteiger partial charge in [-0.2, -0.15) is 21.6 Å². The fraction of sp³-hybridized carbons (Fsp3) is 0.357. The van der Waals surface area contributed by atoms with Crippen molar-refractivity contribution in [3.8, 4) is 0 Å². The van der Waals surface area contributed by atoms with Crippen LogP contribution in [0.3, 0.4) is 0 Å².